The van der Waals surface area contributed by atoms with Crippen LogP contribution >= 0.6 is 23.2 Å². The zero-order valence-corrected chi connectivity index (χ0v) is 11.6. The molecule has 1 nitrogen and oxygen atoms in total. The summed E-state index contributed by atoms with van der Waals surface area (Å²) in [6.45, 7) is 7.54. The summed E-state index contributed by atoms with van der Waals surface area (Å²) < 4.78 is 0. The van der Waals surface area contributed by atoms with Crippen LogP contribution in [0.4, 0.5) is 0 Å². The smallest absolute Gasteiger partial charge is 0.0439 e. The van der Waals surface area contributed by atoms with Gasteiger partial charge in [0.25, 0.3) is 0 Å². The number of hydrogen-bond donors (Lipinski definition) is 1. The van der Waals surface area contributed by atoms with Crippen molar-refractivity contribution in [3.05, 3.63) is 33.8 Å². The van der Waals surface area contributed by atoms with E-state index in [-0.39, 0.29) is 0 Å². The molecule has 0 aliphatic rings. The van der Waals surface area contributed by atoms with Gasteiger partial charge in [-0.2, -0.15) is 0 Å². The molecule has 1 aromatic rings. The van der Waals surface area contributed by atoms with E-state index in [2.05, 4.69) is 26.1 Å². The van der Waals surface area contributed by atoms with Crippen molar-refractivity contribution in [2.24, 2.45) is 5.92 Å². The fourth-order valence-electron chi connectivity index (χ4n) is 1.75. The molecule has 0 aliphatic heterocycles. The lowest BCUT2D eigenvalue weighted by Gasteiger charge is -2.21. The Kier molecular flexibility index (Phi) is 5.60. The number of halogens is 2. The predicted molar refractivity (Wildman–Crippen MR) is 72.5 cm³/mol. The van der Waals surface area contributed by atoms with Crippen molar-refractivity contribution in [3.8, 4) is 0 Å². The standard InChI is InChI=1S/C13H19Cl2N/c1-4-16-10(3)9(2)7-11-8-12(14)5-6-13(11)15/h5-6,8-10,16H,4,7H2,1-3H3. The topological polar surface area (TPSA) is 12.0 Å². The third kappa shape index (κ3) is 3.97. The molecule has 1 rings (SSSR count). The largest absolute Gasteiger partial charge is 0.314 e. The van der Waals surface area contributed by atoms with Crippen molar-refractivity contribution >= 4 is 23.2 Å². The van der Waals surface area contributed by atoms with Gasteiger partial charge in [0.1, 0.15) is 0 Å². The van der Waals surface area contributed by atoms with E-state index >= 15 is 0 Å². The molecular weight excluding hydrogens is 241 g/mol. The van der Waals surface area contributed by atoms with Gasteiger partial charge in [0.2, 0.25) is 0 Å². The molecule has 0 bridgehead atoms. The number of benzene rings is 1. The molecule has 16 heavy (non-hydrogen) atoms. The molecular formula is C13H19Cl2N. The van der Waals surface area contributed by atoms with Crippen molar-refractivity contribution in [3.63, 3.8) is 0 Å². The van der Waals surface area contributed by atoms with Crippen molar-refractivity contribution in [1.82, 2.24) is 5.32 Å². The maximum absolute atomic E-state index is 6.14. The molecule has 1 aromatic carbocycles. The Morgan fingerprint density at radius 3 is 2.56 bits per heavy atom. The molecule has 0 amide bonds. The van der Waals surface area contributed by atoms with Crippen LogP contribution in [0.1, 0.15) is 26.3 Å². The van der Waals surface area contributed by atoms with Crippen LogP contribution in [-0.4, -0.2) is 12.6 Å². The number of rotatable bonds is 5. The van der Waals surface area contributed by atoms with Gasteiger partial charge in [-0.25, -0.2) is 0 Å². The van der Waals surface area contributed by atoms with E-state index in [0.29, 0.717) is 12.0 Å². The normalized spacial score (nSPS) is 14.8. The highest BCUT2D eigenvalue weighted by molar-refractivity contribution is 6.33. The van der Waals surface area contributed by atoms with Crippen molar-refractivity contribution < 1.29 is 0 Å². The second-order valence-electron chi connectivity index (χ2n) is 4.26. The molecule has 90 valence electrons. The molecule has 0 saturated carbocycles. The van der Waals surface area contributed by atoms with Crippen molar-refractivity contribution in [2.45, 2.75) is 33.2 Å². The average Bonchev–Trinajstić information content (AvgIpc) is 2.23. The van der Waals surface area contributed by atoms with Gasteiger partial charge in [-0.05, 0) is 49.6 Å². The Bertz CT molecular complexity index is 339. The molecule has 2 atom stereocenters. The van der Waals surface area contributed by atoms with E-state index in [9.17, 15) is 0 Å². The first-order valence-electron chi connectivity index (χ1n) is 5.72. The first kappa shape index (κ1) is 13.8. The second-order valence-corrected chi connectivity index (χ2v) is 5.11. The highest BCUT2D eigenvalue weighted by Crippen LogP contribution is 2.24. The van der Waals surface area contributed by atoms with E-state index in [1.807, 2.05) is 18.2 Å². The fourth-order valence-corrected chi connectivity index (χ4v) is 2.14. The zero-order valence-electron chi connectivity index (χ0n) is 10.1. The first-order chi connectivity index (χ1) is 7.54. The summed E-state index contributed by atoms with van der Waals surface area (Å²) in [5, 5.41) is 4.98. The van der Waals surface area contributed by atoms with Gasteiger partial charge in [-0.15, -0.1) is 0 Å². The van der Waals surface area contributed by atoms with Crippen LogP contribution in [0.2, 0.25) is 10.0 Å². The maximum atomic E-state index is 6.14. The Morgan fingerprint density at radius 1 is 1.25 bits per heavy atom. The van der Waals surface area contributed by atoms with Crippen LogP contribution < -0.4 is 5.32 Å². The molecule has 0 aromatic heterocycles. The minimum atomic E-state index is 0.486. The number of hydrogen-bond acceptors (Lipinski definition) is 1. The lowest BCUT2D eigenvalue weighted by molar-refractivity contribution is 0.406. The second kappa shape index (κ2) is 6.48. The Hall–Kier alpha value is -0.240. The molecule has 0 saturated heterocycles. The van der Waals surface area contributed by atoms with Crippen LogP contribution in [0.3, 0.4) is 0 Å². The quantitative estimate of drug-likeness (QED) is 0.837. The Balaban J connectivity index is 2.68. The summed E-state index contributed by atoms with van der Waals surface area (Å²) in [7, 11) is 0. The third-order valence-corrected chi connectivity index (χ3v) is 3.53. The van der Waals surface area contributed by atoms with Crippen LogP contribution in [0.5, 0.6) is 0 Å². The minimum absolute atomic E-state index is 0.486. The lowest BCUT2D eigenvalue weighted by atomic mass is 9.95. The lowest BCUT2D eigenvalue weighted by Crippen LogP contribution is -2.32. The van der Waals surface area contributed by atoms with E-state index in [1.165, 1.54) is 0 Å². The SMILES string of the molecule is CCNC(C)C(C)Cc1cc(Cl)ccc1Cl. The summed E-state index contributed by atoms with van der Waals surface area (Å²) in [5.41, 5.74) is 1.13. The van der Waals surface area contributed by atoms with Gasteiger partial charge in [-0.1, -0.05) is 37.0 Å². The van der Waals surface area contributed by atoms with Crippen LogP contribution in [0, 0.1) is 5.92 Å². The van der Waals surface area contributed by atoms with Gasteiger partial charge < -0.3 is 5.32 Å². The summed E-state index contributed by atoms with van der Waals surface area (Å²) in [4.78, 5) is 0. The summed E-state index contributed by atoms with van der Waals surface area (Å²) in [6, 6.07) is 6.13. The van der Waals surface area contributed by atoms with Gasteiger partial charge in [-0.3, -0.25) is 0 Å². The monoisotopic (exact) mass is 259 g/mol. The van der Waals surface area contributed by atoms with E-state index < -0.39 is 0 Å². The molecule has 2 unspecified atom stereocenters. The van der Waals surface area contributed by atoms with E-state index in [0.717, 1.165) is 28.6 Å². The highest BCUT2D eigenvalue weighted by atomic mass is 35.5. The van der Waals surface area contributed by atoms with Crippen molar-refractivity contribution in [2.75, 3.05) is 6.54 Å². The van der Waals surface area contributed by atoms with Gasteiger partial charge >= 0.3 is 0 Å². The first-order valence-corrected chi connectivity index (χ1v) is 6.47. The molecule has 0 aliphatic carbocycles. The Labute approximate surface area is 108 Å². The predicted octanol–water partition coefficient (Wildman–Crippen LogP) is 4.17. The fraction of sp³-hybridized carbons (Fsp3) is 0.538. The van der Waals surface area contributed by atoms with Gasteiger partial charge in [0.05, 0.1) is 0 Å². The van der Waals surface area contributed by atoms with Crippen LogP contribution in [0.15, 0.2) is 18.2 Å². The van der Waals surface area contributed by atoms with E-state index in [1.54, 1.807) is 0 Å². The molecule has 0 spiro atoms. The van der Waals surface area contributed by atoms with E-state index in [4.69, 9.17) is 23.2 Å². The summed E-state index contributed by atoms with van der Waals surface area (Å²) in [5.74, 6) is 0.538. The third-order valence-electron chi connectivity index (χ3n) is 2.93. The zero-order chi connectivity index (χ0) is 12.1. The summed E-state index contributed by atoms with van der Waals surface area (Å²) >= 11 is 12.1. The highest BCUT2D eigenvalue weighted by Gasteiger charge is 2.13. The molecule has 0 fully saturated rings. The maximum Gasteiger partial charge on any atom is 0.0439 e. The molecule has 1 N–H and O–H groups in total. The Morgan fingerprint density at radius 2 is 1.94 bits per heavy atom. The van der Waals surface area contributed by atoms with Gasteiger partial charge in [0, 0.05) is 16.1 Å². The average molecular weight is 260 g/mol. The minimum Gasteiger partial charge on any atom is -0.314 e. The van der Waals surface area contributed by atoms with Gasteiger partial charge in [0.15, 0.2) is 0 Å². The molecule has 3 heteroatoms. The van der Waals surface area contributed by atoms with Crippen molar-refractivity contribution in [1.29, 1.82) is 0 Å². The number of nitrogens with one attached hydrogen (secondary N) is 1. The molecule has 0 radical (unpaired) electrons. The van der Waals surface area contributed by atoms with Crippen LogP contribution in [-0.2, 0) is 6.42 Å². The van der Waals surface area contributed by atoms with Crippen LogP contribution in [0.25, 0.3) is 0 Å². The summed E-state index contributed by atoms with van der Waals surface area (Å²) in [6.07, 6.45) is 0.952. The molecule has 0 heterocycles.